The number of nitro benzene ring substituents is 1. The van der Waals surface area contributed by atoms with E-state index in [-0.39, 0.29) is 11.6 Å². The largest absolute Gasteiger partial charge is 0.477 e. The van der Waals surface area contributed by atoms with Gasteiger partial charge < -0.3 is 10.4 Å². The number of nitrogens with zero attached hydrogens (tertiary/aromatic N) is 1. The Balaban J connectivity index is 2.79. The highest BCUT2D eigenvalue weighted by Gasteiger charge is 2.20. The number of hydrogen-bond acceptors (Lipinski definition) is 5. The van der Waals surface area contributed by atoms with Gasteiger partial charge in [-0.1, -0.05) is 6.92 Å². The van der Waals surface area contributed by atoms with Crippen molar-refractivity contribution in [2.45, 2.75) is 26.3 Å². The van der Waals surface area contributed by atoms with Gasteiger partial charge in [0.05, 0.1) is 4.92 Å². The van der Waals surface area contributed by atoms with Gasteiger partial charge in [-0.3, -0.25) is 10.1 Å². The first-order valence-electron chi connectivity index (χ1n) is 6.31. The summed E-state index contributed by atoms with van der Waals surface area (Å²) >= 11 is 1.84. The van der Waals surface area contributed by atoms with Crippen molar-refractivity contribution in [2.75, 3.05) is 16.8 Å². The Labute approximate surface area is 121 Å². The fraction of sp³-hybridized carbons (Fsp3) is 0.462. The molecule has 110 valence electrons. The molecule has 0 aromatic heterocycles. The molecule has 2 N–H and O–H groups in total. The van der Waals surface area contributed by atoms with Crippen LogP contribution in [0.2, 0.25) is 0 Å². The van der Waals surface area contributed by atoms with Crippen molar-refractivity contribution in [3.05, 3.63) is 33.9 Å². The van der Waals surface area contributed by atoms with E-state index < -0.39 is 16.6 Å². The summed E-state index contributed by atoms with van der Waals surface area (Å²) in [5.41, 5.74) is -0.102. The number of aromatic carboxylic acids is 1. The molecule has 0 amide bonds. The maximum absolute atomic E-state index is 11.0. The first-order valence-corrected chi connectivity index (χ1v) is 7.47. The van der Waals surface area contributed by atoms with Gasteiger partial charge in [0.1, 0.15) is 5.56 Å². The van der Waals surface area contributed by atoms with Crippen LogP contribution in [0.25, 0.3) is 0 Å². The summed E-state index contributed by atoms with van der Waals surface area (Å²) in [4.78, 5) is 21.1. The molecule has 1 atom stereocenters. The molecular weight excluding hydrogens is 280 g/mol. The quantitative estimate of drug-likeness (QED) is 0.435. The Morgan fingerprint density at radius 3 is 2.80 bits per heavy atom. The summed E-state index contributed by atoms with van der Waals surface area (Å²) < 4.78 is 0. The number of carboxylic acids is 1. The van der Waals surface area contributed by atoms with E-state index in [9.17, 15) is 14.9 Å². The average Bonchev–Trinajstić information content (AvgIpc) is 2.38. The third-order valence-electron chi connectivity index (χ3n) is 2.74. The van der Waals surface area contributed by atoms with Gasteiger partial charge in [0, 0.05) is 17.8 Å². The molecule has 1 aromatic rings. The van der Waals surface area contributed by atoms with Gasteiger partial charge in [0.25, 0.3) is 5.69 Å². The van der Waals surface area contributed by atoms with Crippen molar-refractivity contribution >= 4 is 29.1 Å². The van der Waals surface area contributed by atoms with Crippen molar-refractivity contribution in [1.29, 1.82) is 0 Å². The van der Waals surface area contributed by atoms with Crippen LogP contribution in [0.5, 0.6) is 0 Å². The molecule has 0 saturated carbocycles. The highest BCUT2D eigenvalue weighted by Crippen LogP contribution is 2.23. The lowest BCUT2D eigenvalue weighted by atomic mass is 10.1. The van der Waals surface area contributed by atoms with E-state index in [2.05, 4.69) is 12.2 Å². The molecule has 0 heterocycles. The summed E-state index contributed by atoms with van der Waals surface area (Å²) in [6.45, 7) is 4.09. The molecule has 6 nitrogen and oxygen atoms in total. The topological polar surface area (TPSA) is 92.5 Å². The van der Waals surface area contributed by atoms with Crippen LogP contribution in [0.1, 0.15) is 30.6 Å². The van der Waals surface area contributed by atoms with E-state index in [1.807, 2.05) is 18.7 Å². The SMILES string of the molecule is CCSCCC(C)Nc1ccc([N+](=O)[O-])c(C(=O)O)c1. The molecule has 0 spiro atoms. The standard InChI is InChI=1S/C13H18N2O4S/c1-3-20-7-6-9(2)14-10-4-5-12(15(18)19)11(8-10)13(16)17/h4-5,8-9,14H,3,6-7H2,1-2H3,(H,16,17). The number of hydrogen-bond donors (Lipinski definition) is 2. The first-order chi connectivity index (χ1) is 9.45. The van der Waals surface area contributed by atoms with Crippen molar-refractivity contribution in [3.63, 3.8) is 0 Å². The zero-order valence-corrected chi connectivity index (χ0v) is 12.3. The third kappa shape index (κ3) is 4.73. The Kier molecular flexibility index (Phi) is 6.30. The van der Waals surface area contributed by atoms with Gasteiger partial charge in [0.15, 0.2) is 0 Å². The number of carboxylic acid groups (broad SMARTS) is 1. The lowest BCUT2D eigenvalue weighted by Gasteiger charge is -2.15. The van der Waals surface area contributed by atoms with Crippen molar-refractivity contribution in [2.24, 2.45) is 0 Å². The fourth-order valence-corrected chi connectivity index (χ4v) is 2.53. The van der Waals surface area contributed by atoms with Crippen LogP contribution < -0.4 is 5.32 Å². The van der Waals surface area contributed by atoms with E-state index in [4.69, 9.17) is 5.11 Å². The monoisotopic (exact) mass is 298 g/mol. The van der Waals surface area contributed by atoms with Gasteiger partial charge >= 0.3 is 5.97 Å². The second kappa shape index (κ2) is 7.74. The molecule has 0 aliphatic rings. The minimum absolute atomic E-state index is 0.178. The van der Waals surface area contributed by atoms with Crippen molar-refractivity contribution in [3.8, 4) is 0 Å². The predicted octanol–water partition coefficient (Wildman–Crippen LogP) is 3.24. The normalized spacial score (nSPS) is 11.9. The van der Waals surface area contributed by atoms with Crippen LogP contribution >= 0.6 is 11.8 Å². The maximum Gasteiger partial charge on any atom is 0.342 e. The molecule has 7 heteroatoms. The fourth-order valence-electron chi connectivity index (χ4n) is 1.72. The van der Waals surface area contributed by atoms with Gasteiger partial charge in [0.2, 0.25) is 0 Å². The van der Waals surface area contributed by atoms with E-state index in [0.717, 1.165) is 17.9 Å². The Hall–Kier alpha value is -1.76. The van der Waals surface area contributed by atoms with Gasteiger partial charge in [-0.15, -0.1) is 0 Å². The number of rotatable bonds is 8. The molecule has 0 bridgehead atoms. The number of nitro groups is 1. The van der Waals surface area contributed by atoms with Crippen molar-refractivity contribution < 1.29 is 14.8 Å². The summed E-state index contributed by atoms with van der Waals surface area (Å²) in [7, 11) is 0. The van der Waals surface area contributed by atoms with Gasteiger partial charge in [-0.2, -0.15) is 11.8 Å². The lowest BCUT2D eigenvalue weighted by Crippen LogP contribution is -2.16. The minimum Gasteiger partial charge on any atom is -0.477 e. The van der Waals surface area contributed by atoms with Crippen LogP contribution in [0.15, 0.2) is 18.2 Å². The highest BCUT2D eigenvalue weighted by molar-refractivity contribution is 7.99. The number of nitrogens with one attached hydrogen (secondary N) is 1. The summed E-state index contributed by atoms with van der Waals surface area (Å²) in [6, 6.07) is 4.24. The summed E-state index contributed by atoms with van der Waals surface area (Å²) in [5.74, 6) is 0.783. The lowest BCUT2D eigenvalue weighted by molar-refractivity contribution is -0.385. The van der Waals surface area contributed by atoms with Crippen LogP contribution in [0, 0.1) is 10.1 Å². The Morgan fingerprint density at radius 2 is 2.25 bits per heavy atom. The molecule has 1 unspecified atom stereocenters. The molecule has 1 aromatic carbocycles. The van der Waals surface area contributed by atoms with Gasteiger partial charge in [-0.25, -0.2) is 4.79 Å². The van der Waals surface area contributed by atoms with E-state index in [1.165, 1.54) is 18.2 Å². The predicted molar refractivity (Wildman–Crippen MR) is 80.8 cm³/mol. The zero-order valence-electron chi connectivity index (χ0n) is 11.5. The second-order valence-electron chi connectivity index (χ2n) is 4.33. The molecule has 0 radical (unpaired) electrons. The average molecular weight is 298 g/mol. The Bertz CT molecular complexity index is 493. The zero-order chi connectivity index (χ0) is 15.1. The van der Waals surface area contributed by atoms with E-state index >= 15 is 0 Å². The number of anilines is 1. The van der Waals surface area contributed by atoms with Crippen molar-refractivity contribution in [1.82, 2.24) is 0 Å². The molecule has 0 aliphatic heterocycles. The maximum atomic E-state index is 11.0. The van der Waals surface area contributed by atoms with E-state index in [0.29, 0.717) is 5.69 Å². The molecule has 1 rings (SSSR count). The van der Waals surface area contributed by atoms with E-state index in [1.54, 1.807) is 0 Å². The molecular formula is C13H18N2O4S. The summed E-state index contributed by atoms with van der Waals surface area (Å²) in [6.07, 6.45) is 0.942. The minimum atomic E-state index is -1.30. The third-order valence-corrected chi connectivity index (χ3v) is 3.67. The molecule has 0 fully saturated rings. The summed E-state index contributed by atoms with van der Waals surface area (Å²) in [5, 5.41) is 22.9. The van der Waals surface area contributed by atoms with Crippen LogP contribution in [-0.4, -0.2) is 33.5 Å². The number of carbonyl (C=O) groups is 1. The smallest absolute Gasteiger partial charge is 0.342 e. The second-order valence-corrected chi connectivity index (χ2v) is 5.72. The molecule has 0 saturated heterocycles. The number of benzene rings is 1. The first kappa shape index (κ1) is 16.3. The highest BCUT2D eigenvalue weighted by atomic mass is 32.2. The van der Waals surface area contributed by atoms with Crippen LogP contribution in [0.4, 0.5) is 11.4 Å². The van der Waals surface area contributed by atoms with Crippen LogP contribution in [0.3, 0.4) is 0 Å². The Morgan fingerprint density at radius 1 is 1.55 bits per heavy atom. The van der Waals surface area contributed by atoms with Crippen LogP contribution in [-0.2, 0) is 0 Å². The van der Waals surface area contributed by atoms with Gasteiger partial charge in [-0.05, 0) is 37.0 Å². The molecule has 20 heavy (non-hydrogen) atoms. The number of thioether (sulfide) groups is 1. The molecule has 0 aliphatic carbocycles.